The van der Waals surface area contributed by atoms with E-state index >= 15 is 0 Å². The Labute approximate surface area is 159 Å². The van der Waals surface area contributed by atoms with Crippen molar-refractivity contribution < 1.29 is 27.9 Å². The zero-order valence-corrected chi connectivity index (χ0v) is 15.3. The average molecular weight is 398 g/mol. The van der Waals surface area contributed by atoms with Crippen LogP contribution in [0, 0.1) is 0 Å². The number of nitrogens with one attached hydrogen (secondary N) is 2. The van der Waals surface area contributed by atoms with E-state index in [-0.39, 0.29) is 27.8 Å². The lowest BCUT2D eigenvalue weighted by atomic mass is 10.1. The maximum absolute atomic E-state index is 13.0. The molecule has 0 saturated carbocycles. The van der Waals surface area contributed by atoms with Crippen molar-refractivity contribution in [1.29, 1.82) is 0 Å². The van der Waals surface area contributed by atoms with Gasteiger partial charge in [-0.2, -0.15) is 0 Å². The summed E-state index contributed by atoms with van der Waals surface area (Å²) in [6.45, 7) is 0. The highest BCUT2D eigenvalue weighted by Crippen LogP contribution is 2.37. The number of esters is 1. The number of carbonyl (C=O) groups is 2. The van der Waals surface area contributed by atoms with Gasteiger partial charge >= 0.3 is 5.97 Å². The summed E-state index contributed by atoms with van der Waals surface area (Å²) in [6, 6.07) is 11.5. The highest BCUT2D eigenvalue weighted by Gasteiger charge is 2.26. The Bertz CT molecular complexity index is 1270. The first-order valence-electron chi connectivity index (χ1n) is 8.13. The third-order valence-corrected chi connectivity index (χ3v) is 5.88. The lowest BCUT2D eigenvalue weighted by molar-refractivity contribution is 0.0597. The molecule has 0 spiro atoms. The number of phenols is 1. The summed E-state index contributed by atoms with van der Waals surface area (Å²) in [6.07, 6.45) is 0. The number of phenolic OH excluding ortho intramolecular Hbond substituents is 1. The van der Waals surface area contributed by atoms with E-state index in [0.29, 0.717) is 22.0 Å². The van der Waals surface area contributed by atoms with Gasteiger partial charge in [-0.1, -0.05) is 12.1 Å². The van der Waals surface area contributed by atoms with Crippen LogP contribution in [0.25, 0.3) is 10.8 Å². The molecular formula is C19H14N2O6S. The topological polar surface area (TPSA) is 122 Å². The Morgan fingerprint density at radius 2 is 1.93 bits per heavy atom. The second-order valence-corrected chi connectivity index (χ2v) is 7.77. The molecule has 28 heavy (non-hydrogen) atoms. The van der Waals surface area contributed by atoms with Crippen LogP contribution in [0.3, 0.4) is 0 Å². The molecular weight excluding hydrogens is 384 g/mol. The summed E-state index contributed by atoms with van der Waals surface area (Å²) in [5.74, 6) is -1.41. The Hall–Kier alpha value is -3.59. The first-order valence-corrected chi connectivity index (χ1v) is 9.61. The molecule has 0 radical (unpaired) electrons. The monoisotopic (exact) mass is 398 g/mol. The number of sulfonamides is 1. The van der Waals surface area contributed by atoms with Crippen molar-refractivity contribution in [1.82, 2.24) is 0 Å². The minimum Gasteiger partial charge on any atom is -0.507 e. The van der Waals surface area contributed by atoms with E-state index in [1.807, 2.05) is 0 Å². The van der Waals surface area contributed by atoms with Gasteiger partial charge in [-0.25, -0.2) is 13.2 Å². The number of hydrogen-bond acceptors (Lipinski definition) is 6. The molecule has 1 amide bonds. The fraction of sp³-hybridized carbons (Fsp3) is 0.0526. The molecule has 4 rings (SSSR count). The highest BCUT2D eigenvalue weighted by molar-refractivity contribution is 7.93. The van der Waals surface area contributed by atoms with Crippen LogP contribution in [0.5, 0.6) is 5.75 Å². The zero-order chi connectivity index (χ0) is 20.1. The third-order valence-electron chi connectivity index (χ3n) is 4.44. The molecule has 1 aliphatic heterocycles. The van der Waals surface area contributed by atoms with Gasteiger partial charge < -0.3 is 15.2 Å². The van der Waals surface area contributed by atoms with Crippen LogP contribution >= 0.6 is 0 Å². The molecule has 0 unspecified atom stereocenters. The number of amides is 1. The molecule has 3 N–H and O–H groups in total. The lowest BCUT2D eigenvalue weighted by Crippen LogP contribution is -2.14. The van der Waals surface area contributed by atoms with Gasteiger partial charge in [0, 0.05) is 27.7 Å². The van der Waals surface area contributed by atoms with E-state index in [9.17, 15) is 23.1 Å². The molecule has 0 saturated heterocycles. The van der Waals surface area contributed by atoms with Gasteiger partial charge in [-0.05, 0) is 36.4 Å². The predicted octanol–water partition coefficient (Wildman–Crippen LogP) is 2.70. The Morgan fingerprint density at radius 1 is 1.14 bits per heavy atom. The molecule has 1 aliphatic rings. The van der Waals surface area contributed by atoms with Crippen molar-refractivity contribution in [2.24, 2.45) is 0 Å². The number of anilines is 2. The molecule has 0 atom stereocenters. The number of ether oxygens (including phenoxy) is 1. The van der Waals surface area contributed by atoms with E-state index in [4.69, 9.17) is 0 Å². The smallest absolute Gasteiger partial charge is 0.341 e. The van der Waals surface area contributed by atoms with Crippen LogP contribution < -0.4 is 10.0 Å². The number of hydrogen-bond donors (Lipinski definition) is 3. The lowest BCUT2D eigenvalue weighted by Gasteiger charge is -2.12. The van der Waals surface area contributed by atoms with Crippen LogP contribution in [0.1, 0.15) is 20.7 Å². The van der Waals surface area contributed by atoms with Gasteiger partial charge in [-0.3, -0.25) is 9.52 Å². The minimum absolute atomic E-state index is 0.0164. The molecule has 9 heteroatoms. The molecule has 0 aromatic heterocycles. The number of carbonyl (C=O) groups excluding carboxylic acids is 2. The van der Waals surface area contributed by atoms with Crippen LogP contribution in [-0.2, 0) is 14.8 Å². The summed E-state index contributed by atoms with van der Waals surface area (Å²) >= 11 is 0. The quantitative estimate of drug-likeness (QED) is 0.459. The molecule has 8 nitrogen and oxygen atoms in total. The molecule has 1 heterocycles. The van der Waals surface area contributed by atoms with Crippen LogP contribution in [-0.4, -0.2) is 32.5 Å². The van der Waals surface area contributed by atoms with Crippen molar-refractivity contribution in [2.75, 3.05) is 17.1 Å². The summed E-state index contributed by atoms with van der Waals surface area (Å²) in [5, 5.41) is 13.4. The Balaban J connectivity index is 1.80. The number of benzene rings is 3. The van der Waals surface area contributed by atoms with Crippen molar-refractivity contribution in [3.63, 3.8) is 0 Å². The first kappa shape index (κ1) is 17.8. The summed E-state index contributed by atoms with van der Waals surface area (Å²) < 4.78 is 32.9. The predicted molar refractivity (Wildman–Crippen MR) is 102 cm³/mol. The van der Waals surface area contributed by atoms with Crippen LogP contribution in [0.15, 0.2) is 53.4 Å². The standard InChI is InChI=1S/C19H14N2O6S/c1-27-19(24)13-9-10(5-7-15(13)22)21-28(25,26)16-8-6-14-17-11(16)3-2-4-12(17)18(23)20-14/h2-9,21-22H,1H3,(H,20,23). The van der Waals surface area contributed by atoms with E-state index in [1.54, 1.807) is 18.2 Å². The van der Waals surface area contributed by atoms with E-state index in [0.717, 1.165) is 7.11 Å². The largest absolute Gasteiger partial charge is 0.507 e. The summed E-state index contributed by atoms with van der Waals surface area (Å²) in [7, 11) is -2.89. The van der Waals surface area contributed by atoms with Gasteiger partial charge in [0.2, 0.25) is 0 Å². The molecule has 3 aromatic rings. The van der Waals surface area contributed by atoms with Gasteiger partial charge in [0.25, 0.3) is 15.9 Å². The van der Waals surface area contributed by atoms with Crippen molar-refractivity contribution in [3.8, 4) is 5.75 Å². The molecule has 142 valence electrons. The van der Waals surface area contributed by atoms with Gasteiger partial charge in [-0.15, -0.1) is 0 Å². The van der Waals surface area contributed by atoms with E-state index < -0.39 is 16.0 Å². The van der Waals surface area contributed by atoms with Crippen molar-refractivity contribution >= 4 is 44.0 Å². The number of rotatable bonds is 4. The SMILES string of the molecule is COC(=O)c1cc(NS(=O)(=O)c2ccc3c4c(cccc24)C(=O)N3)ccc1O. The van der Waals surface area contributed by atoms with Gasteiger partial charge in [0.1, 0.15) is 11.3 Å². The van der Waals surface area contributed by atoms with Gasteiger partial charge in [0.05, 0.1) is 12.0 Å². The van der Waals surface area contributed by atoms with Crippen LogP contribution in [0.4, 0.5) is 11.4 Å². The molecule has 3 aromatic carbocycles. The van der Waals surface area contributed by atoms with E-state index in [1.165, 1.54) is 30.3 Å². The Kier molecular flexibility index (Phi) is 3.97. The molecule has 0 fully saturated rings. The van der Waals surface area contributed by atoms with Crippen molar-refractivity contribution in [3.05, 3.63) is 59.7 Å². The first-order chi connectivity index (χ1) is 13.3. The maximum Gasteiger partial charge on any atom is 0.341 e. The fourth-order valence-corrected chi connectivity index (χ4v) is 4.43. The average Bonchev–Trinajstić information content (AvgIpc) is 3.00. The number of methoxy groups -OCH3 is 1. The highest BCUT2D eigenvalue weighted by atomic mass is 32.2. The van der Waals surface area contributed by atoms with Crippen LogP contribution in [0.2, 0.25) is 0 Å². The number of aromatic hydroxyl groups is 1. The molecule has 0 bridgehead atoms. The third kappa shape index (κ3) is 2.72. The zero-order valence-electron chi connectivity index (χ0n) is 14.5. The minimum atomic E-state index is -4.05. The Morgan fingerprint density at radius 3 is 2.68 bits per heavy atom. The second kappa shape index (κ2) is 6.24. The van der Waals surface area contributed by atoms with Gasteiger partial charge in [0.15, 0.2) is 0 Å². The normalized spacial score (nSPS) is 12.7. The molecule has 0 aliphatic carbocycles. The summed E-state index contributed by atoms with van der Waals surface area (Å²) in [5.41, 5.74) is 0.864. The maximum atomic E-state index is 13.0. The van der Waals surface area contributed by atoms with Crippen molar-refractivity contribution in [2.45, 2.75) is 4.90 Å². The fourth-order valence-electron chi connectivity index (χ4n) is 3.18. The second-order valence-electron chi connectivity index (χ2n) is 6.12. The summed E-state index contributed by atoms with van der Waals surface area (Å²) in [4.78, 5) is 23.7. The van der Waals surface area contributed by atoms with E-state index in [2.05, 4.69) is 14.8 Å².